The molecule has 30 heavy (non-hydrogen) atoms. The van der Waals surface area contributed by atoms with Crippen LogP contribution in [0.15, 0.2) is 0 Å². The quantitative estimate of drug-likeness (QED) is 0.255. The highest BCUT2D eigenvalue weighted by atomic mass is 16.5. The predicted octanol–water partition coefficient (Wildman–Crippen LogP) is 2.44. The van der Waals surface area contributed by atoms with Crippen LogP contribution in [0.25, 0.3) is 0 Å². The lowest BCUT2D eigenvalue weighted by Gasteiger charge is -2.09. The summed E-state index contributed by atoms with van der Waals surface area (Å²) < 4.78 is 21.8. The molecule has 0 saturated heterocycles. The molecule has 0 aromatic rings. The van der Waals surface area contributed by atoms with Crippen molar-refractivity contribution in [2.75, 3.05) is 59.3 Å². The molecule has 0 aliphatic carbocycles. The van der Waals surface area contributed by atoms with Gasteiger partial charge < -0.3 is 29.6 Å². The SMILES string of the molecule is CCC(=O)NCCCCCOCCOCCOCCCCCNC(=O)COC(C)C. The first-order valence-electron chi connectivity index (χ1n) is 11.4. The van der Waals surface area contributed by atoms with Gasteiger partial charge in [-0.25, -0.2) is 0 Å². The van der Waals surface area contributed by atoms with Gasteiger partial charge in [0.2, 0.25) is 11.8 Å². The monoisotopic (exact) mass is 432 g/mol. The van der Waals surface area contributed by atoms with Crippen molar-refractivity contribution >= 4 is 11.8 Å². The van der Waals surface area contributed by atoms with Gasteiger partial charge in [-0.1, -0.05) is 6.92 Å². The lowest BCUT2D eigenvalue weighted by molar-refractivity contribution is -0.127. The van der Waals surface area contributed by atoms with E-state index in [9.17, 15) is 9.59 Å². The maximum atomic E-state index is 11.5. The molecule has 0 aromatic heterocycles. The fourth-order valence-electron chi connectivity index (χ4n) is 2.43. The van der Waals surface area contributed by atoms with Crippen molar-refractivity contribution in [2.45, 2.75) is 71.8 Å². The second-order valence-electron chi connectivity index (χ2n) is 7.37. The average molecular weight is 433 g/mol. The van der Waals surface area contributed by atoms with Gasteiger partial charge in [0, 0.05) is 32.7 Å². The van der Waals surface area contributed by atoms with E-state index in [4.69, 9.17) is 18.9 Å². The van der Waals surface area contributed by atoms with Crippen molar-refractivity contribution in [3.63, 3.8) is 0 Å². The second-order valence-corrected chi connectivity index (χ2v) is 7.37. The van der Waals surface area contributed by atoms with E-state index in [1.165, 1.54) is 0 Å². The van der Waals surface area contributed by atoms with Crippen LogP contribution in [-0.2, 0) is 28.5 Å². The topological polar surface area (TPSA) is 95.1 Å². The van der Waals surface area contributed by atoms with Gasteiger partial charge in [-0.15, -0.1) is 0 Å². The molecule has 178 valence electrons. The highest BCUT2D eigenvalue weighted by molar-refractivity contribution is 5.77. The molecule has 0 aliphatic heterocycles. The van der Waals surface area contributed by atoms with E-state index in [1.54, 1.807) is 0 Å². The molecule has 0 aromatic carbocycles. The number of rotatable bonds is 22. The first-order chi connectivity index (χ1) is 14.6. The summed E-state index contributed by atoms with van der Waals surface area (Å²) in [6, 6.07) is 0. The van der Waals surface area contributed by atoms with Crippen LogP contribution < -0.4 is 10.6 Å². The van der Waals surface area contributed by atoms with E-state index in [-0.39, 0.29) is 24.5 Å². The van der Waals surface area contributed by atoms with Crippen LogP contribution in [0.1, 0.15) is 65.7 Å². The summed E-state index contributed by atoms with van der Waals surface area (Å²) in [4.78, 5) is 22.5. The fraction of sp³-hybridized carbons (Fsp3) is 0.909. The minimum atomic E-state index is -0.0570. The number of carbonyl (C=O) groups excluding carboxylic acids is 2. The van der Waals surface area contributed by atoms with Crippen LogP contribution in [0.2, 0.25) is 0 Å². The van der Waals surface area contributed by atoms with Crippen molar-refractivity contribution in [3.8, 4) is 0 Å². The van der Waals surface area contributed by atoms with Gasteiger partial charge in [-0.2, -0.15) is 0 Å². The molecule has 0 unspecified atom stereocenters. The number of hydrogen-bond donors (Lipinski definition) is 2. The Morgan fingerprint density at radius 1 is 0.667 bits per heavy atom. The summed E-state index contributed by atoms with van der Waals surface area (Å²) in [5.74, 6) is 0.0552. The van der Waals surface area contributed by atoms with E-state index in [0.717, 1.165) is 51.7 Å². The third-order valence-electron chi connectivity index (χ3n) is 4.19. The summed E-state index contributed by atoms with van der Waals surface area (Å²) in [7, 11) is 0. The molecule has 2 N–H and O–H groups in total. The molecule has 0 saturated carbocycles. The number of ether oxygens (including phenoxy) is 4. The molecule has 8 nitrogen and oxygen atoms in total. The Balaban J connectivity index is 3.11. The summed E-state index contributed by atoms with van der Waals surface area (Å²) >= 11 is 0. The smallest absolute Gasteiger partial charge is 0.246 e. The van der Waals surface area contributed by atoms with E-state index in [1.807, 2.05) is 20.8 Å². The van der Waals surface area contributed by atoms with Crippen molar-refractivity contribution in [2.24, 2.45) is 0 Å². The Hall–Kier alpha value is -1.22. The third-order valence-corrected chi connectivity index (χ3v) is 4.19. The molecule has 2 amide bonds. The van der Waals surface area contributed by atoms with Gasteiger partial charge in [-0.3, -0.25) is 9.59 Å². The van der Waals surface area contributed by atoms with Gasteiger partial charge in [0.15, 0.2) is 0 Å². The molecule has 0 spiro atoms. The van der Waals surface area contributed by atoms with Crippen molar-refractivity contribution < 1.29 is 28.5 Å². The molecule has 0 fully saturated rings. The summed E-state index contributed by atoms with van der Waals surface area (Å²) in [5.41, 5.74) is 0. The zero-order valence-electron chi connectivity index (χ0n) is 19.3. The standard InChI is InChI=1S/C22H44N2O6/c1-4-21(25)23-11-7-5-9-13-27-15-17-29-18-16-28-14-10-6-8-12-24-22(26)19-30-20(2)3/h20H,4-19H2,1-3H3,(H,23,25)(H,24,26). The molecule has 0 rings (SSSR count). The number of nitrogens with one attached hydrogen (secondary N) is 2. The molecule has 0 atom stereocenters. The van der Waals surface area contributed by atoms with Crippen LogP contribution >= 0.6 is 0 Å². The molecular weight excluding hydrogens is 388 g/mol. The van der Waals surface area contributed by atoms with Gasteiger partial charge in [0.05, 0.1) is 32.5 Å². The Morgan fingerprint density at radius 2 is 1.13 bits per heavy atom. The van der Waals surface area contributed by atoms with Crippen molar-refractivity contribution in [1.82, 2.24) is 10.6 Å². The van der Waals surface area contributed by atoms with Crippen LogP contribution in [0.4, 0.5) is 0 Å². The molecule has 8 heteroatoms. The predicted molar refractivity (Wildman–Crippen MR) is 118 cm³/mol. The Bertz CT molecular complexity index is 407. The number of unbranched alkanes of at least 4 members (excludes halogenated alkanes) is 4. The van der Waals surface area contributed by atoms with Crippen LogP contribution in [-0.4, -0.2) is 77.3 Å². The number of amides is 2. The normalized spacial score (nSPS) is 11.1. The zero-order chi connectivity index (χ0) is 22.3. The van der Waals surface area contributed by atoms with Crippen LogP contribution in [0.5, 0.6) is 0 Å². The molecular formula is C22H44N2O6. The highest BCUT2D eigenvalue weighted by Gasteiger charge is 2.02. The molecule has 0 bridgehead atoms. The second kappa shape index (κ2) is 22.5. The number of hydrogen-bond acceptors (Lipinski definition) is 6. The zero-order valence-corrected chi connectivity index (χ0v) is 19.3. The average Bonchev–Trinajstić information content (AvgIpc) is 2.73. The van der Waals surface area contributed by atoms with E-state index in [2.05, 4.69) is 10.6 Å². The van der Waals surface area contributed by atoms with Crippen LogP contribution in [0, 0.1) is 0 Å². The largest absolute Gasteiger partial charge is 0.379 e. The van der Waals surface area contributed by atoms with Crippen LogP contribution in [0.3, 0.4) is 0 Å². The Morgan fingerprint density at radius 3 is 1.60 bits per heavy atom. The summed E-state index contributed by atoms with van der Waals surface area (Å²) in [6.07, 6.45) is 6.60. The third kappa shape index (κ3) is 23.1. The van der Waals surface area contributed by atoms with Gasteiger partial charge in [-0.05, 0) is 52.4 Å². The molecule has 0 aliphatic rings. The van der Waals surface area contributed by atoms with Crippen molar-refractivity contribution in [3.05, 3.63) is 0 Å². The Labute approximate surface area is 182 Å². The highest BCUT2D eigenvalue weighted by Crippen LogP contribution is 1.96. The van der Waals surface area contributed by atoms with Gasteiger partial charge in [0.25, 0.3) is 0 Å². The maximum Gasteiger partial charge on any atom is 0.246 e. The maximum absolute atomic E-state index is 11.5. The van der Waals surface area contributed by atoms with E-state index in [0.29, 0.717) is 46.0 Å². The fourth-order valence-corrected chi connectivity index (χ4v) is 2.43. The van der Waals surface area contributed by atoms with E-state index >= 15 is 0 Å². The Kier molecular flexibility index (Phi) is 21.6. The molecule has 0 radical (unpaired) electrons. The van der Waals surface area contributed by atoms with Gasteiger partial charge in [0.1, 0.15) is 6.61 Å². The van der Waals surface area contributed by atoms with Crippen molar-refractivity contribution in [1.29, 1.82) is 0 Å². The first-order valence-corrected chi connectivity index (χ1v) is 11.4. The summed E-state index contributed by atoms with van der Waals surface area (Å²) in [6.45, 7) is 11.0. The summed E-state index contributed by atoms with van der Waals surface area (Å²) in [5, 5.41) is 5.71. The number of carbonyl (C=O) groups is 2. The first kappa shape index (κ1) is 28.8. The van der Waals surface area contributed by atoms with Gasteiger partial charge >= 0.3 is 0 Å². The minimum absolute atomic E-state index is 0.0570. The molecule has 0 heterocycles. The minimum Gasteiger partial charge on any atom is -0.379 e. The van der Waals surface area contributed by atoms with E-state index < -0.39 is 0 Å². The lowest BCUT2D eigenvalue weighted by atomic mass is 10.2. The lowest BCUT2D eigenvalue weighted by Crippen LogP contribution is -2.29.